The maximum atomic E-state index is 14.4. The highest BCUT2D eigenvalue weighted by Crippen LogP contribution is 2.20. The number of aryl methyl sites for hydroxylation is 1. The van der Waals surface area contributed by atoms with Crippen molar-refractivity contribution in [3.63, 3.8) is 0 Å². The van der Waals surface area contributed by atoms with Crippen molar-refractivity contribution in [1.29, 1.82) is 0 Å². The number of carbonyl (C=O) groups excluding carboxylic acids is 9. The summed E-state index contributed by atoms with van der Waals surface area (Å²) in [5.41, 5.74) is -0.335. The van der Waals surface area contributed by atoms with Crippen LogP contribution in [0.15, 0.2) is 12.5 Å². The molecule has 378 valence electrons. The third kappa shape index (κ3) is 18.4. The fraction of sp³-hybridized carbons (Fsp3) is 0.739. The van der Waals surface area contributed by atoms with Crippen molar-refractivity contribution < 1.29 is 52.6 Å². The van der Waals surface area contributed by atoms with E-state index in [4.69, 9.17) is 9.47 Å². The molecule has 0 unspecified atom stereocenters. The molecule has 0 bridgehead atoms. The Morgan fingerprint density at radius 3 is 1.69 bits per heavy atom. The van der Waals surface area contributed by atoms with E-state index in [2.05, 4.69) is 42.2 Å². The van der Waals surface area contributed by atoms with Gasteiger partial charge in [0.2, 0.25) is 41.4 Å². The van der Waals surface area contributed by atoms with Gasteiger partial charge in [0.25, 0.3) is 0 Å². The van der Waals surface area contributed by atoms with E-state index in [1.165, 1.54) is 12.0 Å². The normalized spacial score (nSPS) is 16.7. The molecule has 0 aromatic carbocycles. The first kappa shape index (κ1) is 57.4. The molecule has 1 aromatic rings. The highest BCUT2D eigenvalue weighted by Gasteiger charge is 2.40. The van der Waals surface area contributed by atoms with Gasteiger partial charge in [-0.2, -0.15) is 0 Å². The molecule has 1 aliphatic rings. The first-order chi connectivity index (χ1) is 31.1. The van der Waals surface area contributed by atoms with Gasteiger partial charge in [-0.1, -0.05) is 69.2 Å². The molecule has 2 heterocycles. The molecule has 21 heteroatoms. The third-order valence-electron chi connectivity index (χ3n) is 10.9. The van der Waals surface area contributed by atoms with E-state index in [0.29, 0.717) is 12.1 Å². The zero-order valence-corrected chi connectivity index (χ0v) is 42.2. The SMILES string of the molecule is COC(=O)[C@@H](NC(=O)[C@@H](NC(=O)[C@H](CC(C)C)NC(=O)CNC(=O)[C@H]1CCCN1C(=O)[C@H](Cc1cn(C)cn1)NC(=O)[C@@H](NC(=O)[C@@H](NC(=O)OC(C)(C)C)C(C)C)C(C)C)C(C)C)C(C)C. The molecule has 1 aromatic heterocycles. The monoisotopic (exact) mass is 947 g/mol. The molecule has 8 amide bonds. The number of rotatable bonds is 23. The average Bonchev–Trinajstić information content (AvgIpc) is 3.88. The number of hydrogen-bond donors (Lipinski definition) is 7. The molecular weight excluding hydrogens is 869 g/mol. The van der Waals surface area contributed by atoms with Gasteiger partial charge in [-0.25, -0.2) is 14.6 Å². The Balaban J connectivity index is 2.24. The van der Waals surface area contributed by atoms with Gasteiger partial charge < -0.3 is 56.2 Å². The number of alkyl carbamates (subject to hydrolysis) is 1. The van der Waals surface area contributed by atoms with Crippen molar-refractivity contribution in [3.8, 4) is 0 Å². The molecule has 67 heavy (non-hydrogen) atoms. The molecule has 7 N–H and O–H groups in total. The second-order valence-corrected chi connectivity index (χ2v) is 20.0. The summed E-state index contributed by atoms with van der Waals surface area (Å²) in [6, 6.07) is -7.49. The number of carbonyl (C=O) groups is 9. The van der Waals surface area contributed by atoms with Crippen LogP contribution in [0, 0.1) is 29.6 Å². The second kappa shape index (κ2) is 26.0. The van der Waals surface area contributed by atoms with E-state index in [1.54, 1.807) is 100 Å². The van der Waals surface area contributed by atoms with Crippen molar-refractivity contribution >= 4 is 53.4 Å². The van der Waals surface area contributed by atoms with E-state index in [-0.39, 0.29) is 43.6 Å². The summed E-state index contributed by atoms with van der Waals surface area (Å²) in [5, 5.41) is 18.8. The van der Waals surface area contributed by atoms with Gasteiger partial charge in [-0.15, -0.1) is 0 Å². The minimum atomic E-state index is -1.22. The van der Waals surface area contributed by atoms with Crippen molar-refractivity contribution in [2.45, 2.75) is 164 Å². The van der Waals surface area contributed by atoms with Crippen LogP contribution >= 0.6 is 0 Å². The van der Waals surface area contributed by atoms with Gasteiger partial charge >= 0.3 is 12.1 Å². The van der Waals surface area contributed by atoms with E-state index in [0.717, 1.165) is 0 Å². The van der Waals surface area contributed by atoms with Crippen LogP contribution in [0.1, 0.15) is 115 Å². The van der Waals surface area contributed by atoms with Crippen LogP contribution in [0.25, 0.3) is 0 Å². The molecule has 0 aliphatic carbocycles. The van der Waals surface area contributed by atoms with Gasteiger partial charge in [-0.05, 0) is 69.6 Å². The summed E-state index contributed by atoms with van der Waals surface area (Å²) in [4.78, 5) is 127. The number of likely N-dealkylation sites (tertiary alicyclic amines) is 1. The summed E-state index contributed by atoms with van der Waals surface area (Å²) in [6.07, 6.45) is 3.30. The summed E-state index contributed by atoms with van der Waals surface area (Å²) >= 11 is 0. The summed E-state index contributed by atoms with van der Waals surface area (Å²) < 4.78 is 11.9. The first-order valence-electron chi connectivity index (χ1n) is 23.2. The Hall–Kier alpha value is -5.76. The van der Waals surface area contributed by atoms with E-state index in [1.807, 2.05) is 13.8 Å². The van der Waals surface area contributed by atoms with Crippen LogP contribution in [0.5, 0.6) is 0 Å². The molecule has 0 saturated carbocycles. The standard InChI is InChI=1S/C46H78N10O11/c1-24(2)19-30(38(58)51-35(26(5)6)41(61)53-37(28(9)10)44(64)66-15)49-33(57)21-47-39(59)32-17-16-18-56(32)43(63)31(20-29-22-55(14)23-48-29)50-40(60)34(25(3)4)52-42(62)36(27(7)8)54-45(65)67-46(11,12)13/h22-28,30-32,34-37H,16-21H2,1-15H3,(H,47,59)(H,49,57)(H,50,60)(H,51,58)(H,52,62)(H,53,61)(H,54,65)/t30-,31-,32+,34-,35-,36-,37-/m0/s1. The van der Waals surface area contributed by atoms with E-state index >= 15 is 0 Å². The zero-order chi connectivity index (χ0) is 51.1. The number of hydrogen-bond acceptors (Lipinski definition) is 12. The van der Waals surface area contributed by atoms with Crippen LogP contribution in [0.2, 0.25) is 0 Å². The van der Waals surface area contributed by atoms with Crippen LogP contribution in [-0.2, 0) is 61.3 Å². The lowest BCUT2D eigenvalue weighted by atomic mass is 9.98. The maximum absolute atomic E-state index is 14.4. The highest BCUT2D eigenvalue weighted by atomic mass is 16.6. The van der Waals surface area contributed by atoms with Crippen LogP contribution in [0.3, 0.4) is 0 Å². The minimum Gasteiger partial charge on any atom is -0.467 e. The Morgan fingerprint density at radius 2 is 1.21 bits per heavy atom. The Labute approximate surface area is 395 Å². The van der Waals surface area contributed by atoms with Crippen LogP contribution < -0.4 is 37.2 Å². The van der Waals surface area contributed by atoms with Gasteiger partial charge in [0.05, 0.1) is 25.7 Å². The van der Waals surface area contributed by atoms with Gasteiger partial charge in [0.15, 0.2) is 0 Å². The number of nitrogens with zero attached hydrogens (tertiary/aromatic N) is 3. The van der Waals surface area contributed by atoms with Crippen molar-refractivity contribution in [2.24, 2.45) is 36.6 Å². The molecule has 1 fully saturated rings. The first-order valence-corrected chi connectivity index (χ1v) is 23.2. The van der Waals surface area contributed by atoms with Crippen molar-refractivity contribution in [3.05, 3.63) is 18.2 Å². The number of esters is 1. The number of aromatic nitrogens is 2. The number of nitrogens with one attached hydrogen (secondary N) is 7. The molecule has 7 atom stereocenters. The van der Waals surface area contributed by atoms with Crippen molar-refractivity contribution in [2.75, 3.05) is 20.2 Å². The number of ether oxygens (including phenoxy) is 2. The molecule has 0 radical (unpaired) electrons. The lowest BCUT2D eigenvalue weighted by molar-refractivity contribution is -0.147. The summed E-state index contributed by atoms with van der Waals surface area (Å²) in [5.74, 6) is -6.64. The van der Waals surface area contributed by atoms with Gasteiger partial charge in [0, 0.05) is 26.2 Å². The Bertz CT molecular complexity index is 1890. The maximum Gasteiger partial charge on any atom is 0.408 e. The fourth-order valence-electron chi connectivity index (χ4n) is 7.38. The summed E-state index contributed by atoms with van der Waals surface area (Å²) in [6.45, 7) is 22.3. The number of amides is 8. The molecular formula is C46H78N10O11. The van der Waals surface area contributed by atoms with Gasteiger partial charge in [0.1, 0.15) is 47.9 Å². The average molecular weight is 947 g/mol. The third-order valence-corrected chi connectivity index (χ3v) is 10.9. The second-order valence-electron chi connectivity index (χ2n) is 20.0. The predicted molar refractivity (Wildman–Crippen MR) is 248 cm³/mol. The Morgan fingerprint density at radius 1 is 0.701 bits per heavy atom. The summed E-state index contributed by atoms with van der Waals surface area (Å²) in [7, 11) is 2.97. The molecule has 1 saturated heterocycles. The van der Waals surface area contributed by atoms with E-state index in [9.17, 15) is 43.2 Å². The molecule has 1 aliphatic heterocycles. The quantitative estimate of drug-likeness (QED) is 0.0764. The topological polar surface area (TPSA) is 277 Å². The smallest absolute Gasteiger partial charge is 0.408 e. The fourth-order valence-corrected chi connectivity index (χ4v) is 7.38. The Kier molecular flexibility index (Phi) is 22.2. The van der Waals surface area contributed by atoms with E-state index < -0.39 is 120 Å². The molecule has 21 nitrogen and oxygen atoms in total. The largest absolute Gasteiger partial charge is 0.467 e. The number of methoxy groups -OCH3 is 1. The lowest BCUT2D eigenvalue weighted by Gasteiger charge is -2.31. The van der Waals surface area contributed by atoms with Crippen molar-refractivity contribution in [1.82, 2.24) is 51.7 Å². The lowest BCUT2D eigenvalue weighted by Crippen LogP contribution is -2.60. The molecule has 0 spiro atoms. The highest BCUT2D eigenvalue weighted by molar-refractivity contribution is 5.97. The van der Waals surface area contributed by atoms with Crippen LogP contribution in [0.4, 0.5) is 4.79 Å². The van der Waals surface area contributed by atoms with Crippen LogP contribution in [-0.4, -0.2) is 136 Å². The number of imidazole rings is 1. The van der Waals surface area contributed by atoms with Gasteiger partial charge in [-0.3, -0.25) is 33.6 Å². The predicted octanol–water partition coefficient (Wildman–Crippen LogP) is 1.23. The minimum absolute atomic E-state index is 0.0472. The molecule has 2 rings (SSSR count). The zero-order valence-electron chi connectivity index (χ0n) is 42.2.